The number of Topliss-reactive ketones (excluding diaryl/α,β-unsaturated/α-hetero) is 1. The van der Waals surface area contributed by atoms with Gasteiger partial charge in [-0.1, -0.05) is 36.5 Å². The van der Waals surface area contributed by atoms with Crippen LogP contribution in [0.4, 0.5) is 4.79 Å². The maximum Gasteiger partial charge on any atom is 0.411 e. The smallest absolute Gasteiger partial charge is 0.411 e. The van der Waals surface area contributed by atoms with Gasteiger partial charge in [-0.15, -0.1) is 0 Å². The van der Waals surface area contributed by atoms with Gasteiger partial charge >= 0.3 is 6.09 Å². The molecule has 0 aromatic heterocycles. The van der Waals surface area contributed by atoms with Crippen molar-refractivity contribution in [1.82, 2.24) is 4.90 Å². The number of halogens is 2. The first-order chi connectivity index (χ1) is 12.0. The number of ether oxygens (including phenoxy) is 1. The number of carbonyl (C=O) groups excluding carboxylic acids is 2. The van der Waals surface area contributed by atoms with Crippen molar-refractivity contribution in [2.24, 2.45) is 0 Å². The first kappa shape index (κ1) is 21.0. The minimum atomic E-state index is -1.16. The summed E-state index contributed by atoms with van der Waals surface area (Å²) in [7, 11) is 0. The summed E-state index contributed by atoms with van der Waals surface area (Å²) in [5.41, 5.74) is -1.50. The molecule has 1 saturated heterocycles. The molecule has 1 N–H and O–H groups in total. The number of carbonyl (C=O) groups is 2. The molecule has 0 radical (unpaired) electrons. The number of ketones is 1. The van der Waals surface area contributed by atoms with Crippen LogP contribution in [0.25, 0.3) is 0 Å². The molecule has 1 aliphatic rings. The molecule has 1 aliphatic heterocycles. The molecule has 0 spiro atoms. The Morgan fingerprint density at radius 3 is 2.50 bits per heavy atom. The van der Waals surface area contributed by atoms with Crippen molar-refractivity contribution in [3.8, 4) is 0 Å². The summed E-state index contributed by atoms with van der Waals surface area (Å²) in [5.74, 6) is -0.264. The third kappa shape index (κ3) is 4.33. The lowest BCUT2D eigenvalue weighted by molar-refractivity contribution is 0.00670. The van der Waals surface area contributed by atoms with Gasteiger partial charge in [0.1, 0.15) is 11.1 Å². The van der Waals surface area contributed by atoms with E-state index in [9.17, 15) is 14.7 Å². The summed E-state index contributed by atoms with van der Waals surface area (Å²) in [6.07, 6.45) is -0.141. The van der Waals surface area contributed by atoms with E-state index in [2.05, 4.69) is 0 Å². The molecule has 1 amide bonds. The summed E-state index contributed by atoms with van der Waals surface area (Å²) in [6, 6.07) is 4.65. The van der Waals surface area contributed by atoms with E-state index in [4.69, 9.17) is 27.9 Å². The maximum absolute atomic E-state index is 13.4. The maximum atomic E-state index is 13.4. The van der Waals surface area contributed by atoms with E-state index >= 15 is 0 Å². The van der Waals surface area contributed by atoms with Crippen molar-refractivity contribution >= 4 is 35.1 Å². The molecule has 0 aliphatic carbocycles. The van der Waals surface area contributed by atoms with Crippen molar-refractivity contribution in [3.63, 3.8) is 0 Å². The van der Waals surface area contributed by atoms with Gasteiger partial charge in [0.2, 0.25) is 0 Å². The molecular formula is C19H25Cl2NO4. The Hall–Kier alpha value is -1.30. The van der Waals surface area contributed by atoms with E-state index in [1.165, 1.54) is 11.0 Å². The number of rotatable bonds is 4. The van der Waals surface area contributed by atoms with E-state index in [0.29, 0.717) is 23.4 Å². The lowest BCUT2D eigenvalue weighted by Crippen LogP contribution is -2.54. The highest BCUT2D eigenvalue weighted by Crippen LogP contribution is 2.39. The number of nitrogens with zero attached hydrogens (tertiary/aromatic N) is 1. The molecule has 0 saturated carbocycles. The Bertz CT molecular complexity index is 701. The van der Waals surface area contributed by atoms with Gasteiger partial charge in [0.05, 0.1) is 22.7 Å². The number of hydrogen-bond acceptors (Lipinski definition) is 4. The standard InChI is InChI=1S/C19H25Cl2NO4/c1-5-8-19(16(24)12-6-7-14(20)15(21)9-12)10-13(23)11-22(19)17(25)26-18(2,3)4/h6-7,9,13,23H,5,8,10-11H2,1-4H3/t13-,19+/m1/s1. The summed E-state index contributed by atoms with van der Waals surface area (Å²) < 4.78 is 5.48. The minimum absolute atomic E-state index is 0.0575. The number of hydrogen-bond donors (Lipinski definition) is 1. The fourth-order valence-corrected chi connectivity index (χ4v) is 3.70. The number of aliphatic hydroxyl groups excluding tert-OH is 1. The van der Waals surface area contributed by atoms with Gasteiger partial charge in [-0.2, -0.15) is 0 Å². The highest BCUT2D eigenvalue weighted by Gasteiger charge is 2.53. The normalized spacial score (nSPS) is 23.2. The Morgan fingerprint density at radius 2 is 1.96 bits per heavy atom. The zero-order valence-corrected chi connectivity index (χ0v) is 17.0. The Morgan fingerprint density at radius 1 is 1.31 bits per heavy atom. The first-order valence-electron chi connectivity index (χ1n) is 8.68. The van der Waals surface area contributed by atoms with Gasteiger partial charge in [0, 0.05) is 12.0 Å². The molecule has 5 nitrogen and oxygen atoms in total. The second-order valence-electron chi connectivity index (χ2n) is 7.69. The molecule has 1 aromatic carbocycles. The monoisotopic (exact) mass is 401 g/mol. The quantitative estimate of drug-likeness (QED) is 0.741. The molecule has 1 heterocycles. The predicted octanol–water partition coefficient (Wildman–Crippen LogP) is 4.72. The Labute approximate surface area is 164 Å². The third-order valence-electron chi connectivity index (χ3n) is 4.37. The van der Waals surface area contributed by atoms with Gasteiger partial charge in [0.25, 0.3) is 0 Å². The highest BCUT2D eigenvalue weighted by molar-refractivity contribution is 6.42. The van der Waals surface area contributed by atoms with E-state index in [1.54, 1.807) is 32.9 Å². The fraction of sp³-hybridized carbons (Fsp3) is 0.579. The zero-order valence-electron chi connectivity index (χ0n) is 15.5. The van der Waals surface area contributed by atoms with Crippen LogP contribution in [0.1, 0.15) is 57.3 Å². The molecule has 2 rings (SSSR count). The number of aliphatic hydroxyl groups is 1. The number of benzene rings is 1. The van der Waals surface area contributed by atoms with Crippen LogP contribution in [-0.4, -0.2) is 45.7 Å². The lowest BCUT2D eigenvalue weighted by Gasteiger charge is -2.37. The van der Waals surface area contributed by atoms with Crippen molar-refractivity contribution in [1.29, 1.82) is 0 Å². The molecule has 1 aromatic rings. The van der Waals surface area contributed by atoms with Gasteiger partial charge in [-0.05, 0) is 45.4 Å². The highest BCUT2D eigenvalue weighted by atomic mass is 35.5. The van der Waals surface area contributed by atoms with Crippen LogP contribution in [-0.2, 0) is 4.74 Å². The molecule has 2 atom stereocenters. The van der Waals surface area contributed by atoms with Crippen LogP contribution in [0.15, 0.2) is 18.2 Å². The predicted molar refractivity (Wildman–Crippen MR) is 102 cm³/mol. The number of amides is 1. The molecular weight excluding hydrogens is 377 g/mol. The Kier molecular flexibility index (Phi) is 6.26. The van der Waals surface area contributed by atoms with Gasteiger partial charge in [-0.3, -0.25) is 9.69 Å². The molecule has 0 bridgehead atoms. The second kappa shape index (κ2) is 7.75. The van der Waals surface area contributed by atoms with E-state index in [-0.39, 0.29) is 23.8 Å². The molecule has 26 heavy (non-hydrogen) atoms. The lowest BCUT2D eigenvalue weighted by atomic mass is 9.82. The van der Waals surface area contributed by atoms with Gasteiger partial charge < -0.3 is 9.84 Å². The average molecular weight is 402 g/mol. The molecule has 7 heteroatoms. The first-order valence-corrected chi connectivity index (χ1v) is 9.44. The summed E-state index contributed by atoms with van der Waals surface area (Å²) in [4.78, 5) is 27.5. The van der Waals surface area contributed by atoms with E-state index < -0.39 is 23.3 Å². The summed E-state index contributed by atoms with van der Waals surface area (Å²) >= 11 is 12.0. The minimum Gasteiger partial charge on any atom is -0.444 e. The second-order valence-corrected chi connectivity index (χ2v) is 8.50. The van der Waals surface area contributed by atoms with Crippen molar-refractivity contribution in [2.75, 3.05) is 6.54 Å². The number of β-amino-alcohol motifs (C(OH)–C–C–N with tert-alkyl or cyclic N) is 1. The topological polar surface area (TPSA) is 66.8 Å². The van der Waals surface area contributed by atoms with Crippen LogP contribution < -0.4 is 0 Å². The van der Waals surface area contributed by atoms with Crippen molar-refractivity contribution in [2.45, 2.75) is 64.2 Å². The SMILES string of the molecule is CCC[C@@]1(C(=O)c2ccc(Cl)c(Cl)c2)C[C@@H](O)CN1C(=O)OC(C)(C)C. The number of likely N-dealkylation sites (tertiary alicyclic amines) is 1. The van der Waals surface area contributed by atoms with Crippen molar-refractivity contribution < 1.29 is 19.4 Å². The summed E-state index contributed by atoms with van der Waals surface area (Å²) in [5, 5.41) is 10.9. The van der Waals surface area contributed by atoms with Crippen LogP contribution in [0.3, 0.4) is 0 Å². The average Bonchev–Trinajstić information content (AvgIpc) is 2.86. The fourth-order valence-electron chi connectivity index (χ4n) is 3.40. The third-order valence-corrected chi connectivity index (χ3v) is 5.10. The molecule has 144 valence electrons. The van der Waals surface area contributed by atoms with E-state index in [1.807, 2.05) is 6.92 Å². The van der Waals surface area contributed by atoms with E-state index in [0.717, 1.165) is 0 Å². The van der Waals surface area contributed by atoms with Crippen LogP contribution in [0.5, 0.6) is 0 Å². The molecule has 0 unspecified atom stereocenters. The van der Waals surface area contributed by atoms with Crippen molar-refractivity contribution in [3.05, 3.63) is 33.8 Å². The van der Waals surface area contributed by atoms with Crippen LogP contribution in [0.2, 0.25) is 10.0 Å². The summed E-state index contributed by atoms with van der Waals surface area (Å²) in [6.45, 7) is 7.28. The zero-order chi connectivity index (χ0) is 19.7. The largest absolute Gasteiger partial charge is 0.444 e. The van der Waals surface area contributed by atoms with Crippen LogP contribution >= 0.6 is 23.2 Å². The molecule has 1 fully saturated rings. The van der Waals surface area contributed by atoms with Gasteiger partial charge in [-0.25, -0.2) is 4.79 Å². The Balaban J connectivity index is 2.45. The van der Waals surface area contributed by atoms with Crippen LogP contribution in [0, 0.1) is 0 Å². The van der Waals surface area contributed by atoms with Gasteiger partial charge in [0.15, 0.2) is 5.78 Å².